The maximum atomic E-state index is 14.3. The van der Waals surface area contributed by atoms with Crippen molar-refractivity contribution in [2.24, 2.45) is 17.6 Å². The Kier molecular flexibility index (Phi) is 18.7. The number of hydrogen-bond acceptors (Lipinski definition) is 11. The second-order valence-corrected chi connectivity index (χ2v) is 16.8. The van der Waals surface area contributed by atoms with E-state index in [-0.39, 0.29) is 57.5 Å². The summed E-state index contributed by atoms with van der Waals surface area (Å²) in [6.45, 7) is 8.21. The van der Waals surface area contributed by atoms with Crippen molar-refractivity contribution in [3.05, 3.63) is 0 Å². The van der Waals surface area contributed by atoms with Crippen molar-refractivity contribution in [1.82, 2.24) is 41.7 Å². The number of nitrogens with one attached hydrogen (secondary N) is 6. The van der Waals surface area contributed by atoms with E-state index in [9.17, 15) is 48.3 Å². The Morgan fingerprint density at radius 3 is 1.91 bits per heavy atom. The monoisotopic (exact) mass is 837 g/mol. The van der Waals surface area contributed by atoms with Crippen LogP contribution in [-0.2, 0) is 43.2 Å². The number of aliphatic hydroxyl groups excluding tert-OH is 1. The molecule has 9 N–H and O–H groups in total. The number of thioether (sulfide) groups is 1. The van der Waals surface area contributed by atoms with Crippen LogP contribution in [0.15, 0.2) is 0 Å². The Labute approximate surface area is 344 Å². The molecule has 3 aliphatic heterocycles. The lowest BCUT2D eigenvalue weighted by atomic mass is 9.97. The fraction of sp³-hybridized carbons (Fsp3) is 0.763. The van der Waals surface area contributed by atoms with Crippen LogP contribution < -0.4 is 37.6 Å². The largest absolute Gasteiger partial charge is 0.391 e. The van der Waals surface area contributed by atoms with Crippen LogP contribution in [0, 0.1) is 11.8 Å². The molecule has 3 saturated heterocycles. The molecule has 326 valence electrons. The second kappa shape index (κ2) is 22.6. The zero-order valence-electron chi connectivity index (χ0n) is 34.5. The Bertz CT molecular complexity index is 1530. The molecule has 3 heterocycles. The van der Waals surface area contributed by atoms with Gasteiger partial charge in [-0.3, -0.25) is 43.2 Å². The molecular weight excluding hydrogens is 775 g/mol. The summed E-state index contributed by atoms with van der Waals surface area (Å²) in [7, 11) is 0. The van der Waals surface area contributed by atoms with E-state index < -0.39 is 114 Å². The predicted molar refractivity (Wildman–Crippen MR) is 214 cm³/mol. The van der Waals surface area contributed by atoms with Gasteiger partial charge in [0.15, 0.2) is 0 Å². The van der Waals surface area contributed by atoms with Gasteiger partial charge < -0.3 is 52.5 Å². The van der Waals surface area contributed by atoms with Crippen LogP contribution in [0.1, 0.15) is 92.4 Å². The van der Waals surface area contributed by atoms with Gasteiger partial charge in [0.25, 0.3) is 0 Å². The van der Waals surface area contributed by atoms with Gasteiger partial charge in [-0.25, -0.2) is 0 Å². The Hall–Kier alpha value is -4.46. The van der Waals surface area contributed by atoms with Gasteiger partial charge in [0, 0.05) is 19.5 Å². The number of fused-ring (bicyclic) bond motifs is 2. The Morgan fingerprint density at radius 2 is 1.33 bits per heavy atom. The van der Waals surface area contributed by atoms with Crippen LogP contribution in [0.3, 0.4) is 0 Å². The van der Waals surface area contributed by atoms with Gasteiger partial charge in [-0.2, -0.15) is 11.8 Å². The van der Waals surface area contributed by atoms with Crippen LogP contribution in [0.5, 0.6) is 0 Å². The Morgan fingerprint density at radius 1 is 0.741 bits per heavy atom. The lowest BCUT2D eigenvalue weighted by Crippen LogP contribution is -2.62. The van der Waals surface area contributed by atoms with Crippen LogP contribution in [-0.4, -0.2) is 148 Å². The lowest BCUT2D eigenvalue weighted by Gasteiger charge is -2.34. The van der Waals surface area contributed by atoms with Gasteiger partial charge in [-0.1, -0.05) is 34.1 Å². The highest BCUT2D eigenvalue weighted by Crippen LogP contribution is 2.27. The predicted octanol–water partition coefficient (Wildman–Crippen LogP) is -1.99. The quantitative estimate of drug-likeness (QED) is 0.113. The van der Waals surface area contributed by atoms with Crippen molar-refractivity contribution < 1.29 is 48.3 Å². The van der Waals surface area contributed by atoms with E-state index in [0.717, 1.165) is 0 Å². The summed E-state index contributed by atoms with van der Waals surface area (Å²) in [4.78, 5) is 125. The summed E-state index contributed by atoms with van der Waals surface area (Å²) in [5, 5.41) is 26.2. The molecule has 19 nitrogen and oxygen atoms in total. The minimum atomic E-state index is -1.53. The van der Waals surface area contributed by atoms with Gasteiger partial charge in [-0.05, 0) is 75.7 Å². The van der Waals surface area contributed by atoms with E-state index in [1.165, 1.54) is 28.5 Å². The van der Waals surface area contributed by atoms with Crippen molar-refractivity contribution in [2.45, 2.75) is 141 Å². The number of aliphatic hydroxyl groups is 1. The molecule has 9 atom stereocenters. The SMILES string of the molecule is CCC(C)C1NC(=O)C2CCCN2C(=O)C2CCCN2C(=O)C(CCC(N)=O)NC(=O)C(CCSC)NC(=O)C(CC(C)C)NC(=O)CNC(=O)C(C(C)O)NC1=O. The van der Waals surface area contributed by atoms with Gasteiger partial charge in [0.05, 0.1) is 12.6 Å². The van der Waals surface area contributed by atoms with Gasteiger partial charge >= 0.3 is 0 Å². The molecule has 3 aliphatic rings. The third kappa shape index (κ3) is 13.3. The summed E-state index contributed by atoms with van der Waals surface area (Å²) in [5.74, 6) is -6.37. The first-order valence-electron chi connectivity index (χ1n) is 20.2. The topological polar surface area (TPSA) is 279 Å². The van der Waals surface area contributed by atoms with E-state index in [4.69, 9.17) is 5.73 Å². The molecule has 0 radical (unpaired) electrons. The highest BCUT2D eigenvalue weighted by Gasteiger charge is 2.45. The average Bonchev–Trinajstić information content (AvgIpc) is 3.87. The third-order valence-corrected chi connectivity index (χ3v) is 11.5. The Balaban J connectivity index is 2.07. The number of nitrogens with zero attached hydrogens (tertiary/aromatic N) is 2. The summed E-state index contributed by atoms with van der Waals surface area (Å²) in [6.07, 6.45) is 2.17. The second-order valence-electron chi connectivity index (χ2n) is 15.9. The zero-order valence-corrected chi connectivity index (χ0v) is 35.3. The minimum absolute atomic E-state index is 0.104. The number of carbonyl (C=O) groups is 9. The molecule has 0 aromatic carbocycles. The van der Waals surface area contributed by atoms with Crippen LogP contribution in [0.4, 0.5) is 0 Å². The third-order valence-electron chi connectivity index (χ3n) is 10.8. The van der Waals surface area contributed by atoms with Gasteiger partial charge in [-0.15, -0.1) is 0 Å². The highest BCUT2D eigenvalue weighted by molar-refractivity contribution is 7.98. The van der Waals surface area contributed by atoms with Crippen molar-refractivity contribution in [3.8, 4) is 0 Å². The number of hydrogen-bond donors (Lipinski definition) is 8. The minimum Gasteiger partial charge on any atom is -0.391 e. The first kappa shape index (κ1) is 47.9. The first-order valence-corrected chi connectivity index (χ1v) is 21.6. The zero-order chi connectivity index (χ0) is 43.3. The molecular formula is C38H63N9O10S. The molecule has 3 rings (SSSR count). The van der Waals surface area contributed by atoms with E-state index in [1.807, 2.05) is 20.1 Å². The van der Waals surface area contributed by atoms with Crippen molar-refractivity contribution in [1.29, 1.82) is 0 Å². The van der Waals surface area contributed by atoms with Gasteiger partial charge in [0.1, 0.15) is 42.3 Å². The van der Waals surface area contributed by atoms with Gasteiger partial charge in [0.2, 0.25) is 53.2 Å². The molecule has 9 unspecified atom stereocenters. The highest BCUT2D eigenvalue weighted by atomic mass is 32.2. The molecule has 0 aliphatic carbocycles. The number of rotatable bonds is 11. The molecule has 0 spiro atoms. The first-order chi connectivity index (χ1) is 27.4. The normalized spacial score (nSPS) is 28.6. The van der Waals surface area contributed by atoms with E-state index in [0.29, 0.717) is 25.0 Å². The summed E-state index contributed by atoms with van der Waals surface area (Å²) < 4.78 is 0. The smallest absolute Gasteiger partial charge is 0.246 e. The maximum absolute atomic E-state index is 14.3. The molecule has 0 aromatic rings. The molecule has 0 bridgehead atoms. The summed E-state index contributed by atoms with van der Waals surface area (Å²) in [5.41, 5.74) is 5.44. The molecule has 58 heavy (non-hydrogen) atoms. The van der Waals surface area contributed by atoms with Crippen molar-refractivity contribution >= 4 is 64.9 Å². The standard InChI is InChI=1S/C38H63N9O10S/c1-7-21(4)30-36(55)45-31(22(5)48)35(54)40-19-29(50)41-25(18-20(2)3)33(52)42-23(14-17-58-6)32(51)43-24(12-13-28(39)49)37(56)47-16-9-11-27(47)38(57)46-15-8-10-26(46)34(53)44-30/h20-27,30-31,48H,7-19H2,1-6H3,(H2,39,49)(H,40,54)(H,41,50)(H,42,52)(H,43,51)(H,44,53)(H,45,55). The van der Waals surface area contributed by atoms with Crippen molar-refractivity contribution in [3.63, 3.8) is 0 Å². The molecule has 3 fully saturated rings. The number of amides is 9. The molecule has 0 saturated carbocycles. The van der Waals surface area contributed by atoms with Crippen LogP contribution in [0.2, 0.25) is 0 Å². The lowest BCUT2D eigenvalue weighted by molar-refractivity contribution is -0.148. The fourth-order valence-corrected chi connectivity index (χ4v) is 7.87. The molecule has 9 amide bonds. The molecule has 20 heteroatoms. The average molecular weight is 838 g/mol. The summed E-state index contributed by atoms with van der Waals surface area (Å²) >= 11 is 1.41. The van der Waals surface area contributed by atoms with Crippen LogP contribution in [0.25, 0.3) is 0 Å². The number of carbonyl (C=O) groups excluding carboxylic acids is 9. The number of nitrogens with two attached hydrogens (primary N) is 1. The molecule has 0 aromatic heterocycles. The van der Waals surface area contributed by atoms with E-state index >= 15 is 0 Å². The fourth-order valence-electron chi connectivity index (χ4n) is 7.40. The maximum Gasteiger partial charge on any atom is 0.246 e. The number of primary amides is 1. The van der Waals surface area contributed by atoms with Crippen LogP contribution >= 0.6 is 11.8 Å². The summed E-state index contributed by atoms with van der Waals surface area (Å²) in [6, 6.07) is -8.27. The van der Waals surface area contributed by atoms with Crippen molar-refractivity contribution in [2.75, 3.05) is 31.6 Å². The van der Waals surface area contributed by atoms with E-state index in [1.54, 1.807) is 13.8 Å². The van der Waals surface area contributed by atoms with E-state index in [2.05, 4.69) is 31.9 Å².